The van der Waals surface area contributed by atoms with E-state index in [0.29, 0.717) is 44.0 Å². The van der Waals surface area contributed by atoms with E-state index in [1.807, 2.05) is 47.4 Å². The number of esters is 2. The number of carbonyl (C=O) groups excluding carboxylic acids is 4. The number of aliphatic hydroxyl groups is 2. The van der Waals surface area contributed by atoms with Crippen LogP contribution in [0.4, 0.5) is 0 Å². The average molecular weight is 842 g/mol. The number of fused-ring (bicyclic) bond motifs is 1. The number of hydrogen-bond donors (Lipinski definition) is 5. The van der Waals surface area contributed by atoms with Crippen molar-refractivity contribution in [3.05, 3.63) is 66.2 Å². The number of morpholine rings is 1. The minimum Gasteiger partial charge on any atom is -0.462 e. The van der Waals surface area contributed by atoms with Crippen LogP contribution in [0.3, 0.4) is 0 Å². The highest BCUT2D eigenvalue weighted by atomic mass is 32.2. The zero-order chi connectivity index (χ0) is 42.4. The van der Waals surface area contributed by atoms with Crippen LogP contribution in [-0.2, 0) is 56.1 Å². The standard InChI is InChI=1S/C42H59N5O11S/c1-28(48)57-24-35(58-29(2)49)26-59(54,55)25-33(20-32-13-8-12-31-11-6-7-14-36(31)32)41(52)46-38(21-34-22-43-27-44-34)42(53)45-37(19-30-9-4-3-5-10-30)40(51)39(50)23-47-15-17-56-18-16-47/h6-8,11-14,22,27,30,33,35,37-40,50-51H,3-5,9-10,15-21,23-26H2,1-2H3,(H,43,44)(H,45,53)(H,46,52)/t33-,35+,37+,38+,39+,40-/m1/s1. The smallest absolute Gasteiger partial charge is 0.303 e. The van der Waals surface area contributed by atoms with Gasteiger partial charge >= 0.3 is 11.9 Å². The van der Waals surface area contributed by atoms with Gasteiger partial charge in [0.25, 0.3) is 0 Å². The molecule has 0 spiro atoms. The molecule has 2 amide bonds. The number of nitrogens with zero attached hydrogens (tertiary/aromatic N) is 2. The van der Waals surface area contributed by atoms with Gasteiger partial charge in [-0.3, -0.25) is 24.1 Å². The molecule has 1 aromatic heterocycles. The highest BCUT2D eigenvalue weighted by Crippen LogP contribution is 2.29. The Bertz CT molecular complexity index is 1930. The number of aromatic amines is 1. The van der Waals surface area contributed by atoms with E-state index >= 15 is 0 Å². The van der Waals surface area contributed by atoms with E-state index in [2.05, 4.69) is 20.6 Å². The maximum absolute atomic E-state index is 14.5. The summed E-state index contributed by atoms with van der Waals surface area (Å²) in [5.41, 5.74) is 1.23. The number of β-amino-alcohol motifs (C(OH)–C–C–N with tert-alkyl or cyclic N) is 1. The van der Waals surface area contributed by atoms with Crippen molar-refractivity contribution < 1.29 is 52.0 Å². The van der Waals surface area contributed by atoms with Gasteiger partial charge in [-0.15, -0.1) is 0 Å². The lowest BCUT2D eigenvalue weighted by Gasteiger charge is -2.35. The number of imidazole rings is 1. The van der Waals surface area contributed by atoms with Crippen LogP contribution >= 0.6 is 0 Å². The minimum atomic E-state index is -4.19. The first-order valence-corrected chi connectivity index (χ1v) is 22.3. The molecule has 5 rings (SSSR count). The molecule has 0 radical (unpaired) electrons. The number of aliphatic hydroxyl groups excluding tert-OH is 2. The fraction of sp³-hybridized carbons (Fsp3) is 0.595. The fourth-order valence-electron chi connectivity index (χ4n) is 8.07. The number of sulfone groups is 1. The van der Waals surface area contributed by atoms with Gasteiger partial charge in [0.15, 0.2) is 9.84 Å². The molecular weight excluding hydrogens is 783 g/mol. The van der Waals surface area contributed by atoms with E-state index in [9.17, 15) is 37.8 Å². The molecule has 59 heavy (non-hydrogen) atoms. The van der Waals surface area contributed by atoms with E-state index in [1.54, 1.807) is 0 Å². The Kier molecular flexibility index (Phi) is 17.2. The van der Waals surface area contributed by atoms with Gasteiger partial charge in [0.2, 0.25) is 11.8 Å². The van der Waals surface area contributed by atoms with Gasteiger partial charge in [-0.25, -0.2) is 13.4 Å². The zero-order valence-corrected chi connectivity index (χ0v) is 34.7. The molecular formula is C42H59N5O11S. The SMILES string of the molecule is CC(=O)OC[C@@H](CS(=O)(=O)C[C@@H](Cc1cccc2ccccc12)C(=O)N[C@@H](Cc1cnc[nH]1)C(=O)N[C@@H](CC1CCCCC1)[C@@H](O)[C@@H](O)CN1CCOCC1)OC(C)=O. The van der Waals surface area contributed by atoms with Gasteiger partial charge < -0.3 is 40.0 Å². The van der Waals surface area contributed by atoms with Crippen molar-refractivity contribution in [1.82, 2.24) is 25.5 Å². The number of rotatable bonds is 21. The van der Waals surface area contributed by atoms with Crippen molar-refractivity contribution >= 4 is 44.4 Å². The molecule has 1 aliphatic carbocycles. The van der Waals surface area contributed by atoms with Crippen LogP contribution in [0.1, 0.15) is 63.6 Å². The maximum Gasteiger partial charge on any atom is 0.303 e. The molecule has 2 fully saturated rings. The second kappa shape index (κ2) is 22.3. The number of benzene rings is 2. The Morgan fingerprint density at radius 2 is 1.66 bits per heavy atom. The summed E-state index contributed by atoms with van der Waals surface area (Å²) in [6.45, 7) is 4.20. The van der Waals surface area contributed by atoms with Gasteiger partial charge in [-0.05, 0) is 35.1 Å². The molecule has 16 nitrogen and oxygen atoms in total. The molecule has 2 aliphatic rings. The molecule has 324 valence electrons. The molecule has 1 aliphatic heterocycles. The summed E-state index contributed by atoms with van der Waals surface area (Å²) in [5.74, 6) is -5.21. The van der Waals surface area contributed by atoms with Gasteiger partial charge in [0.05, 0.1) is 49.1 Å². The fourth-order valence-corrected chi connectivity index (χ4v) is 9.82. The van der Waals surface area contributed by atoms with Crippen LogP contribution in [0.25, 0.3) is 10.8 Å². The molecule has 2 aromatic carbocycles. The van der Waals surface area contributed by atoms with Gasteiger partial charge in [0.1, 0.15) is 24.9 Å². The third-order valence-electron chi connectivity index (χ3n) is 11.0. The third kappa shape index (κ3) is 14.7. The normalized spacial score (nSPS) is 18.5. The molecule has 6 atom stereocenters. The molecule has 17 heteroatoms. The summed E-state index contributed by atoms with van der Waals surface area (Å²) in [5, 5.41) is 30.4. The van der Waals surface area contributed by atoms with E-state index < -0.39 is 88.0 Å². The highest BCUT2D eigenvalue weighted by molar-refractivity contribution is 7.91. The summed E-state index contributed by atoms with van der Waals surface area (Å²) in [4.78, 5) is 61.3. The summed E-state index contributed by atoms with van der Waals surface area (Å²) in [6.07, 6.45) is 4.55. The first kappa shape index (κ1) is 45.7. The molecule has 0 bridgehead atoms. The van der Waals surface area contributed by atoms with Gasteiger partial charge in [-0.2, -0.15) is 0 Å². The van der Waals surface area contributed by atoms with Crippen molar-refractivity contribution in [3.63, 3.8) is 0 Å². The van der Waals surface area contributed by atoms with Gasteiger partial charge in [0, 0.05) is 51.8 Å². The summed E-state index contributed by atoms with van der Waals surface area (Å²) >= 11 is 0. The van der Waals surface area contributed by atoms with Gasteiger partial charge in [-0.1, -0.05) is 74.6 Å². The second-order valence-corrected chi connectivity index (χ2v) is 18.0. The molecule has 2 heterocycles. The third-order valence-corrected chi connectivity index (χ3v) is 12.8. The van der Waals surface area contributed by atoms with Crippen LogP contribution < -0.4 is 10.6 Å². The van der Waals surface area contributed by atoms with E-state index in [4.69, 9.17) is 14.2 Å². The first-order chi connectivity index (χ1) is 28.3. The number of amides is 2. The van der Waals surface area contributed by atoms with E-state index in [0.717, 1.165) is 56.7 Å². The largest absolute Gasteiger partial charge is 0.462 e. The Hall–Kier alpha value is -4.42. The monoisotopic (exact) mass is 841 g/mol. The maximum atomic E-state index is 14.5. The highest BCUT2D eigenvalue weighted by Gasteiger charge is 2.36. The van der Waals surface area contributed by atoms with Crippen LogP contribution in [-0.4, -0.2) is 139 Å². The number of hydrogen-bond acceptors (Lipinski definition) is 13. The molecule has 3 aromatic rings. The molecule has 5 N–H and O–H groups in total. The number of carbonyl (C=O) groups is 4. The first-order valence-electron chi connectivity index (χ1n) is 20.5. The quantitative estimate of drug-likeness (QED) is 0.0968. The predicted octanol–water partition coefficient (Wildman–Crippen LogP) is 1.87. The Labute approximate surface area is 345 Å². The lowest BCUT2D eigenvalue weighted by atomic mass is 9.83. The molecule has 1 saturated carbocycles. The molecule has 1 saturated heterocycles. The topological polar surface area (TPSA) is 227 Å². The number of aromatic nitrogens is 2. The Balaban J connectivity index is 1.41. The van der Waals surface area contributed by atoms with Crippen LogP contribution in [0.5, 0.6) is 0 Å². The van der Waals surface area contributed by atoms with Crippen molar-refractivity contribution in [1.29, 1.82) is 0 Å². The number of nitrogens with one attached hydrogen (secondary N) is 3. The zero-order valence-electron chi connectivity index (χ0n) is 33.9. The van der Waals surface area contributed by atoms with Crippen LogP contribution in [0, 0.1) is 11.8 Å². The summed E-state index contributed by atoms with van der Waals surface area (Å²) < 4.78 is 43.3. The second-order valence-electron chi connectivity index (χ2n) is 15.8. The van der Waals surface area contributed by atoms with Crippen molar-refractivity contribution in [2.75, 3.05) is 51.0 Å². The lowest BCUT2D eigenvalue weighted by molar-refractivity contribution is -0.154. The van der Waals surface area contributed by atoms with Crippen molar-refractivity contribution in [2.45, 2.75) is 95.6 Å². The Morgan fingerprint density at radius 3 is 2.36 bits per heavy atom. The predicted molar refractivity (Wildman–Crippen MR) is 219 cm³/mol. The summed E-state index contributed by atoms with van der Waals surface area (Å²) in [6, 6.07) is 11.0. The number of H-pyrrole nitrogens is 1. The minimum absolute atomic E-state index is 0.0241. The lowest BCUT2D eigenvalue weighted by Crippen LogP contribution is -2.58. The van der Waals surface area contributed by atoms with Crippen LogP contribution in [0.2, 0.25) is 0 Å². The van der Waals surface area contributed by atoms with E-state index in [-0.39, 0.29) is 25.3 Å². The summed E-state index contributed by atoms with van der Waals surface area (Å²) in [7, 11) is -4.19. The van der Waals surface area contributed by atoms with Crippen molar-refractivity contribution in [2.24, 2.45) is 11.8 Å². The van der Waals surface area contributed by atoms with E-state index in [1.165, 1.54) is 12.5 Å². The Morgan fingerprint density at radius 1 is 0.932 bits per heavy atom. The number of ether oxygens (including phenoxy) is 3. The van der Waals surface area contributed by atoms with Crippen molar-refractivity contribution in [3.8, 4) is 0 Å². The molecule has 0 unspecified atom stereocenters. The average Bonchev–Trinajstić information content (AvgIpc) is 3.72. The van der Waals surface area contributed by atoms with Crippen LogP contribution in [0.15, 0.2) is 55.0 Å².